The third-order valence-corrected chi connectivity index (χ3v) is 7.73. The first-order valence-corrected chi connectivity index (χ1v) is 13.8. The molecular weight excluding hydrogens is 527 g/mol. The van der Waals surface area contributed by atoms with Crippen LogP contribution < -0.4 is 5.32 Å². The maximum Gasteiger partial charge on any atom is 0.416 e. The molecule has 0 spiro atoms. The molecule has 2 heterocycles. The zero-order valence-corrected chi connectivity index (χ0v) is 23.2. The Morgan fingerprint density at radius 2 is 1.63 bits per heavy atom. The highest BCUT2D eigenvalue weighted by atomic mass is 19.4. The average molecular weight is 562 g/mol. The van der Waals surface area contributed by atoms with Gasteiger partial charge in [-0.05, 0) is 62.1 Å². The average Bonchev–Trinajstić information content (AvgIpc) is 3.33. The molecule has 2 N–H and O–H groups in total. The van der Waals surface area contributed by atoms with Gasteiger partial charge in [-0.2, -0.15) is 13.2 Å². The molecule has 3 aromatic carbocycles. The minimum atomic E-state index is -4.37. The lowest BCUT2D eigenvalue weighted by Crippen LogP contribution is -2.48. The number of aryl methyl sites for hydroxylation is 2. The molecule has 0 radical (unpaired) electrons. The van der Waals surface area contributed by atoms with Crippen LogP contribution in [0.5, 0.6) is 0 Å². The normalized spacial score (nSPS) is 14.7. The van der Waals surface area contributed by atoms with E-state index in [1.54, 1.807) is 0 Å². The quantitative estimate of drug-likeness (QED) is 0.247. The van der Waals surface area contributed by atoms with Gasteiger partial charge in [0.2, 0.25) is 0 Å². The lowest BCUT2D eigenvalue weighted by Gasteiger charge is -2.38. The number of aromatic amines is 1. The summed E-state index contributed by atoms with van der Waals surface area (Å²) in [5, 5.41) is 3.06. The van der Waals surface area contributed by atoms with Gasteiger partial charge in [0.05, 0.1) is 11.3 Å². The van der Waals surface area contributed by atoms with E-state index in [-0.39, 0.29) is 12.1 Å². The number of nitrogens with zero attached hydrogens (tertiary/aromatic N) is 3. The zero-order chi connectivity index (χ0) is 29.0. The molecule has 0 aliphatic carbocycles. The van der Waals surface area contributed by atoms with Crippen LogP contribution in [-0.2, 0) is 19.3 Å². The molecule has 0 unspecified atom stereocenters. The Hall–Kier alpha value is -4.11. The molecule has 1 aliphatic rings. The van der Waals surface area contributed by atoms with Crippen molar-refractivity contribution in [2.75, 3.05) is 18.4 Å². The highest BCUT2D eigenvalue weighted by Crippen LogP contribution is 2.31. The van der Waals surface area contributed by atoms with Gasteiger partial charge < -0.3 is 15.2 Å². The molecule has 2 amide bonds. The minimum absolute atomic E-state index is 0.0811. The first-order chi connectivity index (χ1) is 19.7. The molecule has 0 saturated carbocycles. The van der Waals surface area contributed by atoms with E-state index in [0.29, 0.717) is 24.5 Å². The molecule has 1 saturated heterocycles. The molecule has 6 nitrogen and oxygen atoms in total. The van der Waals surface area contributed by atoms with Crippen molar-refractivity contribution in [2.24, 2.45) is 0 Å². The van der Waals surface area contributed by atoms with Crippen molar-refractivity contribution in [3.63, 3.8) is 0 Å². The number of carbonyl (C=O) groups is 1. The number of likely N-dealkylation sites (tertiary alicyclic amines) is 1. The summed E-state index contributed by atoms with van der Waals surface area (Å²) in [6.07, 6.45) is -2.72. The third-order valence-electron chi connectivity index (χ3n) is 7.73. The third kappa shape index (κ3) is 6.97. The topological polar surface area (TPSA) is 64.3 Å². The summed E-state index contributed by atoms with van der Waals surface area (Å²) >= 11 is 0. The lowest BCUT2D eigenvalue weighted by atomic mass is 10.0. The van der Waals surface area contributed by atoms with E-state index in [1.165, 1.54) is 12.1 Å². The SMILES string of the molecule is Cc1ccccc1CN(C(=O)Nc1ccccc1)C1CCN(Cc2nc(-c3ccc(C(F)(F)F)cc3)[nH]c2C)CC1. The van der Waals surface area contributed by atoms with Crippen LogP contribution in [0, 0.1) is 13.8 Å². The fourth-order valence-electron chi connectivity index (χ4n) is 5.26. The smallest absolute Gasteiger partial charge is 0.342 e. The van der Waals surface area contributed by atoms with E-state index in [0.717, 1.165) is 66.3 Å². The standard InChI is InChI=1S/C32H34F3N5O/c1-22-8-6-7-9-25(22)20-40(31(41)37-27-10-4-3-5-11-27)28-16-18-39(19-17-28)21-29-23(2)36-30(38-29)24-12-14-26(15-13-24)32(33,34)35/h3-15,28H,16-21H2,1-2H3,(H,36,38)(H,37,41). The Bertz CT molecular complexity index is 1460. The highest BCUT2D eigenvalue weighted by Gasteiger charge is 2.31. The Kier molecular flexibility index (Phi) is 8.44. The first kappa shape index (κ1) is 28.4. The number of anilines is 1. The van der Waals surface area contributed by atoms with Crippen molar-refractivity contribution in [3.8, 4) is 11.4 Å². The number of H-pyrrole nitrogens is 1. The maximum atomic E-state index is 13.5. The summed E-state index contributed by atoms with van der Waals surface area (Å²) < 4.78 is 38.8. The van der Waals surface area contributed by atoms with Crippen LogP contribution in [0.15, 0.2) is 78.9 Å². The second-order valence-corrected chi connectivity index (χ2v) is 10.6. The predicted octanol–water partition coefficient (Wildman–Crippen LogP) is 7.41. The predicted molar refractivity (Wildman–Crippen MR) is 154 cm³/mol. The Morgan fingerprint density at radius 1 is 0.976 bits per heavy atom. The van der Waals surface area contributed by atoms with Crippen LogP contribution in [0.25, 0.3) is 11.4 Å². The van der Waals surface area contributed by atoms with Crippen LogP contribution in [0.4, 0.5) is 23.7 Å². The van der Waals surface area contributed by atoms with Crippen molar-refractivity contribution in [2.45, 2.75) is 52.0 Å². The van der Waals surface area contributed by atoms with E-state index >= 15 is 0 Å². The second kappa shape index (κ2) is 12.2. The summed E-state index contributed by atoms with van der Waals surface area (Å²) in [7, 11) is 0. The van der Waals surface area contributed by atoms with Gasteiger partial charge in [0, 0.05) is 49.2 Å². The molecule has 41 heavy (non-hydrogen) atoms. The number of rotatable bonds is 7. The zero-order valence-electron chi connectivity index (χ0n) is 23.2. The van der Waals surface area contributed by atoms with Gasteiger partial charge in [-0.25, -0.2) is 9.78 Å². The number of para-hydroxylation sites is 1. The first-order valence-electron chi connectivity index (χ1n) is 13.8. The number of amides is 2. The van der Waals surface area contributed by atoms with Gasteiger partial charge in [0.25, 0.3) is 0 Å². The summed E-state index contributed by atoms with van der Waals surface area (Å²) in [5.74, 6) is 0.558. The van der Waals surface area contributed by atoms with E-state index in [1.807, 2.05) is 54.3 Å². The number of imidazole rings is 1. The van der Waals surface area contributed by atoms with Gasteiger partial charge in [-0.15, -0.1) is 0 Å². The van der Waals surface area contributed by atoms with Gasteiger partial charge >= 0.3 is 12.2 Å². The lowest BCUT2D eigenvalue weighted by molar-refractivity contribution is -0.137. The van der Waals surface area contributed by atoms with Gasteiger partial charge in [-0.3, -0.25) is 4.90 Å². The minimum Gasteiger partial charge on any atom is -0.342 e. The summed E-state index contributed by atoms with van der Waals surface area (Å²) in [6, 6.07) is 22.7. The number of carbonyl (C=O) groups excluding carboxylic acids is 1. The van der Waals surface area contributed by atoms with Crippen molar-refractivity contribution < 1.29 is 18.0 Å². The summed E-state index contributed by atoms with van der Waals surface area (Å²) in [4.78, 5) is 25.7. The van der Waals surface area contributed by atoms with Crippen molar-refractivity contribution in [1.29, 1.82) is 0 Å². The van der Waals surface area contributed by atoms with E-state index in [4.69, 9.17) is 4.98 Å². The number of nitrogens with one attached hydrogen (secondary N) is 2. The number of alkyl halides is 3. The van der Waals surface area contributed by atoms with Crippen molar-refractivity contribution in [3.05, 3.63) is 107 Å². The summed E-state index contributed by atoms with van der Waals surface area (Å²) in [6.45, 7) is 6.76. The molecular formula is C32H34F3N5O. The molecule has 1 aromatic heterocycles. The van der Waals surface area contributed by atoms with Gasteiger partial charge in [0.1, 0.15) is 5.82 Å². The number of aromatic nitrogens is 2. The van der Waals surface area contributed by atoms with Crippen LogP contribution >= 0.6 is 0 Å². The fourth-order valence-corrected chi connectivity index (χ4v) is 5.26. The molecule has 1 fully saturated rings. The number of hydrogen-bond donors (Lipinski definition) is 2. The van der Waals surface area contributed by atoms with Gasteiger partial charge in [-0.1, -0.05) is 54.6 Å². The molecule has 0 bridgehead atoms. The van der Waals surface area contributed by atoms with E-state index in [2.05, 4.69) is 34.3 Å². The summed E-state index contributed by atoms with van der Waals surface area (Å²) in [5.41, 5.74) is 4.75. The van der Waals surface area contributed by atoms with E-state index in [9.17, 15) is 18.0 Å². The van der Waals surface area contributed by atoms with Crippen molar-refractivity contribution >= 4 is 11.7 Å². The fraction of sp³-hybridized carbons (Fsp3) is 0.312. The number of urea groups is 1. The largest absolute Gasteiger partial charge is 0.416 e. The number of piperidine rings is 1. The van der Waals surface area contributed by atoms with Crippen molar-refractivity contribution in [1.82, 2.24) is 19.8 Å². The molecule has 5 rings (SSSR count). The van der Waals surface area contributed by atoms with E-state index < -0.39 is 11.7 Å². The number of benzene rings is 3. The van der Waals surface area contributed by atoms with Gasteiger partial charge in [0.15, 0.2) is 0 Å². The molecule has 214 valence electrons. The molecule has 0 atom stereocenters. The second-order valence-electron chi connectivity index (χ2n) is 10.6. The Balaban J connectivity index is 1.24. The Labute approximate surface area is 238 Å². The van der Waals surface area contributed by atoms with Crippen LogP contribution in [-0.4, -0.2) is 44.9 Å². The number of halogens is 3. The maximum absolute atomic E-state index is 13.5. The highest BCUT2D eigenvalue weighted by molar-refractivity contribution is 5.89. The Morgan fingerprint density at radius 3 is 2.29 bits per heavy atom. The monoisotopic (exact) mass is 561 g/mol. The van der Waals surface area contributed by atoms with Crippen LogP contribution in [0.2, 0.25) is 0 Å². The molecule has 4 aromatic rings. The molecule has 9 heteroatoms. The van der Waals surface area contributed by atoms with Crippen LogP contribution in [0.3, 0.4) is 0 Å². The molecule has 1 aliphatic heterocycles. The number of hydrogen-bond acceptors (Lipinski definition) is 3. The van der Waals surface area contributed by atoms with Crippen LogP contribution in [0.1, 0.15) is 40.9 Å².